The Hall–Kier alpha value is -3.47. The maximum atomic E-state index is 13.4. The van der Waals surface area contributed by atoms with Gasteiger partial charge in [-0.1, -0.05) is 30.3 Å². The third-order valence-corrected chi connectivity index (χ3v) is 5.73. The zero-order chi connectivity index (χ0) is 19.8. The van der Waals surface area contributed by atoms with Crippen LogP contribution in [-0.4, -0.2) is 12.9 Å². The van der Waals surface area contributed by atoms with Crippen LogP contribution in [-0.2, 0) is 4.79 Å². The van der Waals surface area contributed by atoms with E-state index in [4.69, 9.17) is 9.15 Å². The number of hydrogen-bond donors (Lipinski definition) is 2. The first-order chi connectivity index (χ1) is 14.2. The molecule has 0 radical (unpaired) electrons. The van der Waals surface area contributed by atoms with Crippen LogP contribution < -0.4 is 15.4 Å². The normalized spacial score (nSPS) is 23.0. The fourth-order valence-electron chi connectivity index (χ4n) is 4.27. The van der Waals surface area contributed by atoms with Crippen molar-refractivity contribution in [2.75, 3.05) is 17.7 Å². The highest BCUT2D eigenvalue weighted by atomic mass is 16.5. The molecule has 0 bridgehead atoms. The molecule has 0 saturated carbocycles. The quantitative estimate of drug-likeness (QED) is 0.654. The van der Waals surface area contributed by atoms with Gasteiger partial charge in [0.2, 0.25) is 0 Å². The Bertz CT molecular complexity index is 1050. The van der Waals surface area contributed by atoms with E-state index in [0.29, 0.717) is 6.42 Å². The molecular weight excluding hydrogens is 364 g/mol. The highest BCUT2D eigenvalue weighted by Crippen LogP contribution is 2.44. The van der Waals surface area contributed by atoms with E-state index < -0.39 is 0 Å². The summed E-state index contributed by atoms with van der Waals surface area (Å²) in [5.41, 5.74) is 3.94. The second kappa shape index (κ2) is 7.17. The van der Waals surface area contributed by atoms with Gasteiger partial charge in [-0.15, -0.1) is 0 Å². The molecule has 1 aromatic heterocycles. The van der Waals surface area contributed by atoms with Crippen molar-refractivity contribution >= 4 is 17.2 Å². The van der Waals surface area contributed by atoms with E-state index in [1.165, 1.54) is 0 Å². The van der Waals surface area contributed by atoms with E-state index in [9.17, 15) is 4.79 Å². The SMILES string of the molecule is COc1ccc(C2C=C3Nc4ccccc4NC(c4ccco4)C3C(=O)C2)cc1. The summed E-state index contributed by atoms with van der Waals surface area (Å²) in [5.74, 6) is 1.45. The molecule has 0 amide bonds. The minimum atomic E-state index is -0.331. The van der Waals surface area contributed by atoms with Gasteiger partial charge in [0.15, 0.2) is 0 Å². The first kappa shape index (κ1) is 17.6. The molecular formula is C24H22N2O3. The van der Waals surface area contributed by atoms with Gasteiger partial charge < -0.3 is 19.8 Å². The number of carbonyl (C=O) groups is 1. The summed E-state index contributed by atoms with van der Waals surface area (Å²) in [7, 11) is 1.65. The Labute approximate surface area is 169 Å². The number of hydrogen-bond acceptors (Lipinski definition) is 5. The van der Waals surface area contributed by atoms with E-state index in [0.717, 1.165) is 34.1 Å². The fourth-order valence-corrected chi connectivity index (χ4v) is 4.27. The van der Waals surface area contributed by atoms with E-state index >= 15 is 0 Å². The van der Waals surface area contributed by atoms with Crippen LogP contribution in [0.25, 0.3) is 0 Å². The van der Waals surface area contributed by atoms with E-state index in [-0.39, 0.29) is 23.7 Å². The molecule has 146 valence electrons. The molecule has 3 unspecified atom stereocenters. The first-order valence-electron chi connectivity index (χ1n) is 9.77. The maximum absolute atomic E-state index is 13.4. The van der Waals surface area contributed by atoms with Crippen molar-refractivity contribution in [3.05, 3.63) is 90.0 Å². The van der Waals surface area contributed by atoms with Gasteiger partial charge in [0.25, 0.3) is 0 Å². The molecule has 5 heteroatoms. The van der Waals surface area contributed by atoms with Crippen molar-refractivity contribution in [3.63, 3.8) is 0 Å². The summed E-state index contributed by atoms with van der Waals surface area (Å²) < 4.78 is 11.0. The lowest BCUT2D eigenvalue weighted by Crippen LogP contribution is -2.33. The fraction of sp³-hybridized carbons (Fsp3) is 0.208. The number of fused-ring (bicyclic) bond motifs is 2. The van der Waals surface area contributed by atoms with Crippen molar-refractivity contribution < 1.29 is 13.9 Å². The number of methoxy groups -OCH3 is 1. The second-order valence-electron chi connectivity index (χ2n) is 7.46. The van der Waals surface area contributed by atoms with Gasteiger partial charge in [0.05, 0.1) is 36.7 Å². The molecule has 0 spiro atoms. The molecule has 2 heterocycles. The molecule has 3 aromatic rings. The average Bonchev–Trinajstić information content (AvgIpc) is 3.22. The summed E-state index contributed by atoms with van der Waals surface area (Å²) in [4.78, 5) is 13.4. The molecule has 29 heavy (non-hydrogen) atoms. The topological polar surface area (TPSA) is 63.5 Å². The number of ether oxygens (including phenoxy) is 1. The maximum Gasteiger partial charge on any atom is 0.145 e. The number of Topliss-reactive ketones (excluding diaryl/α,β-unsaturated/α-hetero) is 1. The number of anilines is 2. The molecule has 5 rings (SSSR count). The minimum absolute atomic E-state index is 0.0228. The number of carbonyl (C=O) groups excluding carboxylic acids is 1. The molecule has 5 nitrogen and oxygen atoms in total. The first-order valence-corrected chi connectivity index (χ1v) is 9.77. The van der Waals surface area contributed by atoms with Gasteiger partial charge >= 0.3 is 0 Å². The number of allylic oxidation sites excluding steroid dienone is 1. The van der Waals surface area contributed by atoms with Crippen LogP contribution in [0.3, 0.4) is 0 Å². The zero-order valence-corrected chi connectivity index (χ0v) is 16.1. The van der Waals surface area contributed by atoms with Crippen molar-refractivity contribution in [2.45, 2.75) is 18.4 Å². The standard InChI is InChI=1S/C24H22N2O3/c1-28-17-10-8-15(9-11-17)16-13-20-23(21(27)14-16)24(22-7-4-12-29-22)26-19-6-3-2-5-18(19)25-20/h2-13,16,23-26H,14H2,1H3. The highest BCUT2D eigenvalue weighted by Gasteiger charge is 2.40. The summed E-state index contributed by atoms with van der Waals surface area (Å²) in [5, 5.41) is 7.04. The van der Waals surface area contributed by atoms with Crippen LogP contribution in [0.5, 0.6) is 5.75 Å². The third kappa shape index (κ3) is 3.18. The van der Waals surface area contributed by atoms with Gasteiger partial charge in [0.1, 0.15) is 17.3 Å². The molecule has 2 aliphatic rings. The molecule has 0 saturated heterocycles. The lowest BCUT2D eigenvalue weighted by Gasteiger charge is -2.31. The minimum Gasteiger partial charge on any atom is -0.497 e. The molecule has 0 fully saturated rings. The van der Waals surface area contributed by atoms with Crippen LogP contribution in [0.15, 0.2) is 83.1 Å². The Morgan fingerprint density at radius 3 is 2.52 bits per heavy atom. The highest BCUT2D eigenvalue weighted by molar-refractivity contribution is 5.90. The van der Waals surface area contributed by atoms with E-state index in [1.54, 1.807) is 13.4 Å². The number of furan rings is 1. The largest absolute Gasteiger partial charge is 0.497 e. The summed E-state index contributed by atoms with van der Waals surface area (Å²) >= 11 is 0. The van der Waals surface area contributed by atoms with Gasteiger partial charge in [-0.3, -0.25) is 4.79 Å². The number of benzene rings is 2. The lowest BCUT2D eigenvalue weighted by molar-refractivity contribution is -0.122. The molecule has 1 aliphatic carbocycles. The summed E-state index contributed by atoms with van der Waals surface area (Å²) in [6.45, 7) is 0. The number of nitrogens with one attached hydrogen (secondary N) is 2. The monoisotopic (exact) mass is 386 g/mol. The van der Waals surface area contributed by atoms with E-state index in [1.807, 2.05) is 60.7 Å². The van der Waals surface area contributed by atoms with Crippen molar-refractivity contribution in [3.8, 4) is 5.75 Å². The van der Waals surface area contributed by atoms with Crippen LogP contribution in [0.1, 0.15) is 29.7 Å². The molecule has 3 atom stereocenters. The van der Waals surface area contributed by atoms with E-state index in [2.05, 4.69) is 16.7 Å². The number of ketones is 1. The Kier molecular flexibility index (Phi) is 4.35. The van der Waals surface area contributed by atoms with Crippen LogP contribution >= 0.6 is 0 Å². The average molecular weight is 386 g/mol. The predicted molar refractivity (Wildman–Crippen MR) is 112 cm³/mol. The van der Waals surface area contributed by atoms with Crippen molar-refractivity contribution in [1.29, 1.82) is 0 Å². The van der Waals surface area contributed by atoms with Crippen molar-refractivity contribution in [2.24, 2.45) is 5.92 Å². The van der Waals surface area contributed by atoms with Crippen LogP contribution in [0.4, 0.5) is 11.4 Å². The molecule has 2 N–H and O–H groups in total. The Morgan fingerprint density at radius 1 is 1.00 bits per heavy atom. The Balaban J connectivity index is 1.58. The predicted octanol–water partition coefficient (Wildman–Crippen LogP) is 5.12. The van der Waals surface area contributed by atoms with Gasteiger partial charge in [-0.05, 0) is 42.0 Å². The van der Waals surface area contributed by atoms with Crippen LogP contribution in [0.2, 0.25) is 0 Å². The third-order valence-electron chi connectivity index (χ3n) is 5.73. The number of rotatable bonds is 3. The summed E-state index contributed by atoms with van der Waals surface area (Å²) in [6.07, 6.45) is 4.29. The van der Waals surface area contributed by atoms with Crippen LogP contribution in [0, 0.1) is 5.92 Å². The Morgan fingerprint density at radius 2 is 1.79 bits per heavy atom. The second-order valence-corrected chi connectivity index (χ2v) is 7.46. The number of para-hydroxylation sites is 2. The van der Waals surface area contributed by atoms with Crippen molar-refractivity contribution in [1.82, 2.24) is 0 Å². The lowest BCUT2D eigenvalue weighted by atomic mass is 9.77. The molecule has 2 aromatic carbocycles. The smallest absolute Gasteiger partial charge is 0.145 e. The summed E-state index contributed by atoms with van der Waals surface area (Å²) in [6, 6.07) is 19.5. The zero-order valence-electron chi connectivity index (χ0n) is 16.1. The van der Waals surface area contributed by atoms with Gasteiger partial charge in [0, 0.05) is 18.0 Å². The molecule has 1 aliphatic heterocycles. The van der Waals surface area contributed by atoms with Gasteiger partial charge in [-0.2, -0.15) is 0 Å². The van der Waals surface area contributed by atoms with Gasteiger partial charge in [-0.25, -0.2) is 0 Å².